The van der Waals surface area contributed by atoms with Crippen LogP contribution in [0.3, 0.4) is 0 Å². The summed E-state index contributed by atoms with van der Waals surface area (Å²) in [5.74, 6) is -0.846. The van der Waals surface area contributed by atoms with E-state index >= 15 is 0 Å². The molecular weight excluding hydrogens is 356 g/mol. The first-order valence-corrected chi connectivity index (χ1v) is 9.43. The van der Waals surface area contributed by atoms with E-state index in [-0.39, 0.29) is 4.90 Å². The van der Waals surface area contributed by atoms with E-state index in [1.807, 2.05) is 6.92 Å². The highest BCUT2D eigenvalue weighted by atomic mass is 32.2. The summed E-state index contributed by atoms with van der Waals surface area (Å²) in [6, 6.07) is 16.7. The maximum Gasteiger partial charge on any atom is 0.241 e. The van der Waals surface area contributed by atoms with Crippen LogP contribution in [0.4, 0.5) is 8.78 Å². The molecule has 0 radical (unpaired) electrons. The van der Waals surface area contributed by atoms with Crippen LogP contribution in [0.15, 0.2) is 77.7 Å². The lowest BCUT2D eigenvalue weighted by molar-refractivity contribution is 0.571. The highest BCUT2D eigenvalue weighted by Crippen LogP contribution is 2.25. The summed E-state index contributed by atoms with van der Waals surface area (Å²) in [6.07, 6.45) is 0. The summed E-state index contributed by atoms with van der Waals surface area (Å²) in [4.78, 5) is 0.123. The number of hydrogen-bond acceptors (Lipinski definition) is 2. The van der Waals surface area contributed by atoms with Gasteiger partial charge in [0.25, 0.3) is 0 Å². The standard InChI is InChI=1S/C20H17F2NO2S/c1-14-2-12-19(13-3-14)26(24,25)23-20(15-4-8-17(21)9-5-15)16-6-10-18(22)11-7-16/h2-13,20,23H,1H3. The van der Waals surface area contributed by atoms with Crippen LogP contribution in [0.2, 0.25) is 0 Å². The van der Waals surface area contributed by atoms with Crippen LogP contribution in [-0.2, 0) is 10.0 Å². The third kappa shape index (κ3) is 4.15. The van der Waals surface area contributed by atoms with E-state index in [9.17, 15) is 17.2 Å². The maximum absolute atomic E-state index is 13.3. The molecule has 1 N–H and O–H groups in total. The molecule has 0 atom stereocenters. The van der Waals surface area contributed by atoms with Crippen LogP contribution in [0.5, 0.6) is 0 Å². The van der Waals surface area contributed by atoms with Gasteiger partial charge in [0.1, 0.15) is 11.6 Å². The summed E-state index contributed by atoms with van der Waals surface area (Å²) in [5, 5.41) is 0. The third-order valence-corrected chi connectivity index (χ3v) is 5.45. The van der Waals surface area contributed by atoms with E-state index in [2.05, 4.69) is 4.72 Å². The molecule has 3 aromatic carbocycles. The first-order chi connectivity index (χ1) is 12.3. The number of rotatable bonds is 5. The molecule has 0 saturated heterocycles. The van der Waals surface area contributed by atoms with Gasteiger partial charge in [0, 0.05) is 0 Å². The van der Waals surface area contributed by atoms with Gasteiger partial charge in [-0.15, -0.1) is 0 Å². The molecule has 0 heterocycles. The first-order valence-electron chi connectivity index (χ1n) is 7.95. The smallest absolute Gasteiger partial charge is 0.207 e. The van der Waals surface area contributed by atoms with Gasteiger partial charge in [0.15, 0.2) is 0 Å². The van der Waals surface area contributed by atoms with Crippen molar-refractivity contribution in [2.24, 2.45) is 0 Å². The molecule has 0 saturated carbocycles. The van der Waals surface area contributed by atoms with Crippen molar-refractivity contribution in [3.05, 3.63) is 101 Å². The Hall–Kier alpha value is -2.57. The Morgan fingerprint density at radius 1 is 0.731 bits per heavy atom. The molecule has 3 nitrogen and oxygen atoms in total. The second-order valence-electron chi connectivity index (χ2n) is 5.97. The van der Waals surface area contributed by atoms with Gasteiger partial charge in [0.2, 0.25) is 10.0 Å². The molecule has 0 bridgehead atoms. The van der Waals surface area contributed by atoms with Crippen molar-refractivity contribution in [3.8, 4) is 0 Å². The zero-order chi connectivity index (χ0) is 18.7. The molecule has 3 aromatic rings. The van der Waals surface area contributed by atoms with Crippen LogP contribution in [0.1, 0.15) is 22.7 Å². The fourth-order valence-electron chi connectivity index (χ4n) is 2.58. The number of aryl methyl sites for hydroxylation is 1. The van der Waals surface area contributed by atoms with Crippen LogP contribution >= 0.6 is 0 Å². The summed E-state index contributed by atoms with van der Waals surface area (Å²) in [6.45, 7) is 1.86. The SMILES string of the molecule is Cc1ccc(S(=O)(=O)NC(c2ccc(F)cc2)c2ccc(F)cc2)cc1. The van der Waals surface area contributed by atoms with Gasteiger partial charge < -0.3 is 0 Å². The Bertz CT molecular complexity index is 938. The molecule has 0 aliphatic rings. The van der Waals surface area contributed by atoms with Crippen LogP contribution < -0.4 is 4.72 Å². The lowest BCUT2D eigenvalue weighted by Crippen LogP contribution is -2.29. The lowest BCUT2D eigenvalue weighted by Gasteiger charge is -2.20. The minimum Gasteiger partial charge on any atom is -0.207 e. The van der Waals surface area contributed by atoms with Gasteiger partial charge in [-0.05, 0) is 54.4 Å². The molecule has 0 aliphatic carbocycles. The fourth-order valence-corrected chi connectivity index (χ4v) is 3.79. The number of benzene rings is 3. The highest BCUT2D eigenvalue weighted by Gasteiger charge is 2.23. The van der Waals surface area contributed by atoms with Crippen molar-refractivity contribution in [2.75, 3.05) is 0 Å². The Kier molecular flexibility index (Phi) is 5.15. The van der Waals surface area contributed by atoms with Gasteiger partial charge in [-0.25, -0.2) is 17.2 Å². The molecule has 0 aromatic heterocycles. The number of nitrogens with one attached hydrogen (secondary N) is 1. The molecule has 6 heteroatoms. The molecule has 26 heavy (non-hydrogen) atoms. The van der Waals surface area contributed by atoms with E-state index < -0.39 is 27.7 Å². The second kappa shape index (κ2) is 7.35. The quantitative estimate of drug-likeness (QED) is 0.723. The molecule has 0 fully saturated rings. The van der Waals surface area contributed by atoms with Crippen molar-refractivity contribution in [3.63, 3.8) is 0 Å². The van der Waals surface area contributed by atoms with Crippen molar-refractivity contribution in [1.29, 1.82) is 0 Å². The average molecular weight is 373 g/mol. The van der Waals surface area contributed by atoms with Gasteiger partial charge in [0.05, 0.1) is 10.9 Å². The molecular formula is C20H17F2NO2S. The van der Waals surface area contributed by atoms with Crippen molar-refractivity contribution in [2.45, 2.75) is 17.9 Å². The third-order valence-electron chi connectivity index (χ3n) is 4.01. The molecule has 3 rings (SSSR count). The van der Waals surface area contributed by atoms with Crippen molar-refractivity contribution in [1.82, 2.24) is 4.72 Å². The van der Waals surface area contributed by atoms with Crippen LogP contribution in [0.25, 0.3) is 0 Å². The fraction of sp³-hybridized carbons (Fsp3) is 0.100. The predicted octanol–water partition coefficient (Wildman–Crippen LogP) is 4.34. The minimum absolute atomic E-state index is 0.123. The van der Waals surface area contributed by atoms with Crippen molar-refractivity contribution < 1.29 is 17.2 Å². The monoisotopic (exact) mass is 373 g/mol. The summed E-state index contributed by atoms with van der Waals surface area (Å²) in [7, 11) is -3.83. The average Bonchev–Trinajstić information content (AvgIpc) is 2.62. The number of halogens is 2. The van der Waals surface area contributed by atoms with Crippen LogP contribution in [-0.4, -0.2) is 8.42 Å². The Morgan fingerprint density at radius 3 is 1.58 bits per heavy atom. The van der Waals surface area contributed by atoms with Crippen molar-refractivity contribution >= 4 is 10.0 Å². The molecule has 0 aliphatic heterocycles. The normalized spacial score (nSPS) is 11.7. The van der Waals surface area contributed by atoms with Gasteiger partial charge in [-0.3, -0.25) is 0 Å². The number of sulfonamides is 1. The summed E-state index contributed by atoms with van der Waals surface area (Å²) < 4.78 is 54.7. The Morgan fingerprint density at radius 2 is 1.15 bits per heavy atom. The topological polar surface area (TPSA) is 46.2 Å². The molecule has 0 amide bonds. The van der Waals surface area contributed by atoms with Gasteiger partial charge in [-0.1, -0.05) is 42.0 Å². The molecule has 134 valence electrons. The maximum atomic E-state index is 13.3. The molecule has 0 spiro atoms. The lowest BCUT2D eigenvalue weighted by atomic mass is 10.00. The number of hydrogen-bond donors (Lipinski definition) is 1. The van der Waals surface area contributed by atoms with Gasteiger partial charge >= 0.3 is 0 Å². The summed E-state index contributed by atoms with van der Waals surface area (Å²) >= 11 is 0. The Labute approximate surface area is 151 Å². The van der Waals surface area contributed by atoms with E-state index in [4.69, 9.17) is 0 Å². The van der Waals surface area contributed by atoms with E-state index in [1.165, 1.54) is 60.7 Å². The second-order valence-corrected chi connectivity index (χ2v) is 7.68. The highest BCUT2D eigenvalue weighted by molar-refractivity contribution is 7.89. The minimum atomic E-state index is -3.83. The first kappa shape index (κ1) is 18.2. The largest absolute Gasteiger partial charge is 0.241 e. The van der Waals surface area contributed by atoms with E-state index in [0.29, 0.717) is 11.1 Å². The summed E-state index contributed by atoms with van der Waals surface area (Å²) in [5.41, 5.74) is 2.04. The zero-order valence-corrected chi connectivity index (χ0v) is 14.8. The predicted molar refractivity (Wildman–Crippen MR) is 96.1 cm³/mol. The zero-order valence-electron chi connectivity index (χ0n) is 14.0. The van der Waals surface area contributed by atoms with Gasteiger partial charge in [-0.2, -0.15) is 4.72 Å². The Balaban J connectivity index is 2.01. The van der Waals surface area contributed by atoms with E-state index in [0.717, 1.165) is 5.56 Å². The van der Waals surface area contributed by atoms with Crippen LogP contribution in [0, 0.1) is 18.6 Å². The van der Waals surface area contributed by atoms with E-state index in [1.54, 1.807) is 12.1 Å². The molecule has 0 unspecified atom stereocenters.